The van der Waals surface area contributed by atoms with E-state index in [1.807, 2.05) is 25.7 Å². The average Bonchev–Trinajstić information content (AvgIpc) is 3.51. The van der Waals surface area contributed by atoms with Crippen LogP contribution in [0.1, 0.15) is 119 Å². The normalized spacial score (nSPS) is 47.2. The van der Waals surface area contributed by atoms with Crippen LogP contribution >= 0.6 is 0 Å². The lowest BCUT2D eigenvalue weighted by Gasteiger charge is -2.60. The summed E-state index contributed by atoms with van der Waals surface area (Å²) in [6.07, 6.45) is -0.831. The number of aliphatic hydroxyl groups is 6. The minimum Gasteiger partial charge on any atom is -0.459 e. The predicted octanol–water partition coefficient (Wildman–Crippen LogP) is 3.27. The Kier molecular flexibility index (Phi) is 15.6. The van der Waals surface area contributed by atoms with E-state index in [0.717, 1.165) is 12.8 Å². The van der Waals surface area contributed by atoms with Crippen molar-refractivity contribution < 1.29 is 63.6 Å². The second kappa shape index (κ2) is 19.6. The van der Waals surface area contributed by atoms with E-state index in [9.17, 15) is 45.0 Å². The highest BCUT2D eigenvalue weighted by Gasteiger charge is 2.69. The van der Waals surface area contributed by atoms with Gasteiger partial charge in [0.2, 0.25) is 0 Å². The topological polar surface area (TPSA) is 216 Å². The molecule has 1 amide bonds. The maximum atomic E-state index is 15.8. The number of aliphatic hydroxyl groups excluding tert-OH is 5. The van der Waals surface area contributed by atoms with E-state index in [4.69, 9.17) is 14.2 Å². The molecule has 62 heavy (non-hydrogen) atoms. The van der Waals surface area contributed by atoms with Crippen molar-refractivity contribution in [3.05, 3.63) is 23.8 Å². The molecule has 19 atom stereocenters. The summed E-state index contributed by atoms with van der Waals surface area (Å²) in [5.74, 6) is -4.20. The summed E-state index contributed by atoms with van der Waals surface area (Å²) >= 11 is 0. The fourth-order valence-electron chi connectivity index (χ4n) is 12.5. The van der Waals surface area contributed by atoms with Crippen molar-refractivity contribution in [1.82, 2.24) is 10.2 Å². The number of hydrogen-bond donors (Lipinski definition) is 7. The lowest BCUT2D eigenvalue weighted by molar-refractivity contribution is -0.243. The molecule has 4 aliphatic carbocycles. The molecule has 3 saturated carbocycles. The number of esters is 1. The molecule has 0 spiro atoms. The molecule has 0 bridgehead atoms. The molecule has 6 rings (SSSR count). The van der Waals surface area contributed by atoms with Gasteiger partial charge in [-0.1, -0.05) is 33.8 Å². The van der Waals surface area contributed by atoms with Crippen LogP contribution in [0.4, 0.5) is 4.39 Å². The van der Waals surface area contributed by atoms with Crippen LogP contribution in [0.2, 0.25) is 0 Å². The van der Waals surface area contributed by atoms with E-state index >= 15 is 4.39 Å². The average molecular weight is 879 g/mol. The molecule has 0 aromatic rings. The van der Waals surface area contributed by atoms with Gasteiger partial charge in [-0.05, 0) is 128 Å². The second-order valence-corrected chi connectivity index (χ2v) is 20.2. The lowest BCUT2D eigenvalue weighted by Crippen LogP contribution is -2.64. The van der Waals surface area contributed by atoms with E-state index in [1.54, 1.807) is 26.8 Å². The van der Waals surface area contributed by atoms with Gasteiger partial charge in [0.15, 0.2) is 12.1 Å². The van der Waals surface area contributed by atoms with Crippen LogP contribution in [-0.4, -0.2) is 146 Å². The van der Waals surface area contributed by atoms with Gasteiger partial charge in [-0.25, -0.2) is 4.39 Å². The Morgan fingerprint density at radius 2 is 1.71 bits per heavy atom. The van der Waals surface area contributed by atoms with Crippen LogP contribution in [0, 0.1) is 40.4 Å². The van der Waals surface area contributed by atoms with Crippen molar-refractivity contribution in [2.24, 2.45) is 40.4 Å². The molecular weight excluding hydrogens is 804 g/mol. The van der Waals surface area contributed by atoms with Gasteiger partial charge in [-0.3, -0.25) is 19.3 Å². The van der Waals surface area contributed by atoms with Crippen molar-refractivity contribution >= 4 is 17.7 Å². The van der Waals surface area contributed by atoms with Crippen molar-refractivity contribution in [2.45, 2.75) is 192 Å². The number of ether oxygens (including phenoxy) is 3. The van der Waals surface area contributed by atoms with E-state index < -0.39 is 101 Å². The molecule has 0 aromatic heterocycles. The zero-order valence-corrected chi connectivity index (χ0v) is 37.8. The zero-order chi connectivity index (χ0) is 45.5. The maximum Gasteiger partial charge on any atom is 0.311 e. The highest BCUT2D eigenvalue weighted by atomic mass is 19.1. The Bertz CT molecular complexity index is 1670. The minimum absolute atomic E-state index is 0.0267. The first-order chi connectivity index (χ1) is 29.2. The number of cyclic esters (lactones) is 1. The quantitative estimate of drug-likeness (QED) is 0.138. The Morgan fingerprint density at radius 1 is 0.984 bits per heavy atom. The van der Waals surface area contributed by atoms with Gasteiger partial charge in [-0.2, -0.15) is 0 Å². The summed E-state index contributed by atoms with van der Waals surface area (Å²) in [5.41, 5.74) is -3.30. The second-order valence-electron chi connectivity index (χ2n) is 20.2. The van der Waals surface area contributed by atoms with Gasteiger partial charge in [0.25, 0.3) is 5.91 Å². The monoisotopic (exact) mass is 879 g/mol. The standard InChI is InChI=1S/C47H75FN2O12/c1-8-36-41(56)40(55)28(5)50(20-10-13-34(52)42(62-37-14-9-12-25(2)60-37)26(3)39(54)27(4)43(57)61-36)21-11-19-49-44(58)47(59)18-16-31-30-23-33(48)32-22-29(51)15-17-45(32,6)38(30)35(53)24-46(31,47)7/h15,17,22,25-28,30-31,33-42,52-56,59H,8-14,16,18-21,23-24H2,1-7H3,(H,49,58)/t25?,26-,27+,28+,30?,31?,33-,34+,35-,36+,37?,38?,39?,40+,41+,42?,45-,46-,47-/m0/s1. The predicted molar refractivity (Wildman–Crippen MR) is 227 cm³/mol. The number of fused-ring (bicyclic) bond motifs is 5. The summed E-state index contributed by atoms with van der Waals surface area (Å²) in [6, 6.07) is -0.652. The number of amides is 1. The first-order valence-electron chi connectivity index (χ1n) is 23.4. The third kappa shape index (κ3) is 9.36. The van der Waals surface area contributed by atoms with Crippen LogP contribution in [0.25, 0.3) is 0 Å². The Morgan fingerprint density at radius 3 is 2.40 bits per heavy atom. The third-order valence-electron chi connectivity index (χ3n) is 16.4. The number of nitrogens with zero attached hydrogens (tertiary/aromatic N) is 1. The molecule has 15 heteroatoms. The van der Waals surface area contributed by atoms with Crippen LogP contribution in [0.3, 0.4) is 0 Å². The molecule has 2 aliphatic heterocycles. The Labute approximate surface area is 366 Å². The SMILES string of the molecule is CC[C@H]1OC(=O)[C@H](C)C(O)[C@H](C)C(OC2CCCC(C)O2)[C@H](O)CCCN(CCCNC(=O)[C@@]2(O)CCC3C4C[C@H](F)C5=CC(=O)C=C[C@]5(C)C4[C@@H](O)C[C@@]32C)[C@H](C)[C@@H](O)[C@@H]1O. The maximum absolute atomic E-state index is 15.8. The van der Waals surface area contributed by atoms with Crippen molar-refractivity contribution in [2.75, 3.05) is 19.6 Å². The first-order valence-corrected chi connectivity index (χ1v) is 23.4. The largest absolute Gasteiger partial charge is 0.459 e. The smallest absolute Gasteiger partial charge is 0.311 e. The lowest BCUT2D eigenvalue weighted by atomic mass is 9.46. The summed E-state index contributed by atoms with van der Waals surface area (Å²) in [4.78, 5) is 41.6. The number of halogens is 1. The highest BCUT2D eigenvalue weighted by Crippen LogP contribution is 2.67. The fourth-order valence-corrected chi connectivity index (χ4v) is 12.5. The molecular formula is C47H75FN2O12. The molecule has 0 radical (unpaired) electrons. The minimum atomic E-state index is -1.81. The molecule has 6 aliphatic rings. The van der Waals surface area contributed by atoms with E-state index in [2.05, 4.69) is 5.32 Å². The van der Waals surface area contributed by atoms with Crippen LogP contribution < -0.4 is 5.32 Å². The number of hydrogen-bond acceptors (Lipinski definition) is 13. The zero-order valence-electron chi connectivity index (χ0n) is 37.8. The van der Waals surface area contributed by atoms with E-state index in [1.165, 1.54) is 19.1 Å². The fraction of sp³-hybridized carbons (Fsp3) is 0.851. The van der Waals surface area contributed by atoms with Crippen molar-refractivity contribution in [3.63, 3.8) is 0 Å². The van der Waals surface area contributed by atoms with Crippen LogP contribution in [0.15, 0.2) is 23.8 Å². The third-order valence-corrected chi connectivity index (χ3v) is 16.4. The van der Waals surface area contributed by atoms with Gasteiger partial charge in [0, 0.05) is 41.8 Å². The number of nitrogens with one attached hydrogen (secondary N) is 1. The number of ketones is 1. The number of rotatable bonds is 8. The molecule has 2 saturated heterocycles. The van der Waals surface area contributed by atoms with Crippen molar-refractivity contribution in [3.8, 4) is 0 Å². The van der Waals surface area contributed by atoms with Gasteiger partial charge in [0.05, 0.1) is 42.5 Å². The summed E-state index contributed by atoms with van der Waals surface area (Å²) in [5, 5.41) is 72.9. The summed E-state index contributed by atoms with van der Waals surface area (Å²) < 4.78 is 34.0. The van der Waals surface area contributed by atoms with E-state index in [-0.39, 0.29) is 68.3 Å². The number of alkyl halides is 1. The molecule has 352 valence electrons. The molecule has 0 aromatic carbocycles. The van der Waals surface area contributed by atoms with Crippen molar-refractivity contribution in [1.29, 1.82) is 0 Å². The molecule has 2 heterocycles. The number of allylic oxidation sites excluding steroid dienone is 4. The van der Waals surface area contributed by atoms with Crippen LogP contribution in [0.5, 0.6) is 0 Å². The molecule has 7 N–H and O–H groups in total. The van der Waals surface area contributed by atoms with Gasteiger partial charge < -0.3 is 50.2 Å². The Balaban J connectivity index is 1.13. The molecule has 7 unspecified atom stereocenters. The Hall–Kier alpha value is -2.34. The molecule has 5 fully saturated rings. The first kappa shape index (κ1) is 49.1. The summed E-state index contributed by atoms with van der Waals surface area (Å²) in [7, 11) is 0. The van der Waals surface area contributed by atoms with E-state index in [0.29, 0.717) is 44.3 Å². The number of carbonyl (C=O) groups excluding carboxylic acids is 3. The van der Waals surface area contributed by atoms with Gasteiger partial charge in [-0.15, -0.1) is 0 Å². The van der Waals surface area contributed by atoms with Gasteiger partial charge in [0.1, 0.15) is 24.0 Å². The highest BCUT2D eigenvalue weighted by molar-refractivity contribution is 6.01. The molecule has 14 nitrogen and oxygen atoms in total. The summed E-state index contributed by atoms with van der Waals surface area (Å²) in [6.45, 7) is 13.3. The van der Waals surface area contributed by atoms with Crippen LogP contribution in [-0.2, 0) is 28.6 Å². The number of carbonyl (C=O) groups is 3. The van der Waals surface area contributed by atoms with Gasteiger partial charge >= 0.3 is 5.97 Å².